The van der Waals surface area contributed by atoms with Gasteiger partial charge in [0.05, 0.1) is 0 Å². The lowest BCUT2D eigenvalue weighted by Gasteiger charge is -1.71. The average molecular weight is 212 g/mol. The minimum absolute atomic E-state index is 0. The van der Waals surface area contributed by atoms with Crippen molar-refractivity contribution >= 4 is 11.9 Å². The molecule has 0 saturated carbocycles. The summed E-state index contributed by atoms with van der Waals surface area (Å²) in [6.07, 6.45) is 0.444. The van der Waals surface area contributed by atoms with Gasteiger partial charge in [0.25, 0.3) is 0 Å². The highest BCUT2D eigenvalue weighted by molar-refractivity contribution is 5.66. The largest absolute Gasteiger partial charge is 0.481 e. The number of carboxylic acids is 2. The van der Waals surface area contributed by atoms with Crippen molar-refractivity contribution < 1.29 is 19.8 Å². The Labute approximate surface area is 89.0 Å². The molecular weight excluding hydrogens is 184 g/mol. The smallest absolute Gasteiger partial charge is 0.303 e. The van der Waals surface area contributed by atoms with Crippen LogP contribution < -0.4 is 0 Å². The maximum absolute atomic E-state index is 9.37. The fourth-order valence-corrected chi connectivity index (χ4v) is 0. The van der Waals surface area contributed by atoms with Crippen LogP contribution in [0.3, 0.4) is 0 Å². The third kappa shape index (κ3) is 125. The van der Waals surface area contributed by atoms with Crippen LogP contribution in [0.25, 0.3) is 0 Å². The second-order valence-electron chi connectivity index (χ2n) is 1.49. The summed E-state index contributed by atoms with van der Waals surface area (Å²) in [5.41, 5.74) is 0. The molecule has 0 radical (unpaired) electrons. The standard InChI is InChI=1S/2C3H6O2.4CH4/c2*1-2-3(4)5;;;;/h2*2H2,1H3,(H,4,5);4*1H4. The van der Waals surface area contributed by atoms with E-state index in [2.05, 4.69) is 0 Å². The zero-order chi connectivity index (χ0) is 8.57. The Hall–Kier alpha value is -1.06. The third-order valence-corrected chi connectivity index (χ3v) is 0.605. The van der Waals surface area contributed by atoms with Gasteiger partial charge in [0, 0.05) is 12.8 Å². The zero-order valence-electron chi connectivity index (χ0n) is 6.13. The van der Waals surface area contributed by atoms with Gasteiger partial charge in [-0.2, -0.15) is 0 Å². The summed E-state index contributed by atoms with van der Waals surface area (Å²) < 4.78 is 0. The lowest BCUT2D eigenvalue weighted by Crippen LogP contribution is -1.86. The molecule has 0 aliphatic heterocycles. The number of hydrogen-bond acceptors (Lipinski definition) is 2. The number of carboxylic acid groups (broad SMARTS) is 2. The van der Waals surface area contributed by atoms with E-state index in [1.807, 2.05) is 0 Å². The van der Waals surface area contributed by atoms with Crippen molar-refractivity contribution in [2.45, 2.75) is 56.4 Å². The van der Waals surface area contributed by atoms with Crippen molar-refractivity contribution in [2.24, 2.45) is 0 Å². The molecule has 4 nitrogen and oxygen atoms in total. The normalized spacial score (nSPS) is 5.29. The molecule has 0 rings (SSSR count). The number of rotatable bonds is 2. The van der Waals surface area contributed by atoms with Crippen LogP contribution in [0.2, 0.25) is 0 Å². The van der Waals surface area contributed by atoms with Crippen LogP contribution in [-0.2, 0) is 9.59 Å². The van der Waals surface area contributed by atoms with Gasteiger partial charge >= 0.3 is 11.9 Å². The van der Waals surface area contributed by atoms with E-state index in [0.717, 1.165) is 0 Å². The van der Waals surface area contributed by atoms with Gasteiger partial charge in [-0.05, 0) is 0 Å². The van der Waals surface area contributed by atoms with Gasteiger partial charge in [-0.3, -0.25) is 9.59 Å². The second kappa shape index (κ2) is 29.7. The SMILES string of the molecule is C.C.C.C.CCC(=O)O.CCC(=O)O. The Bertz CT molecular complexity index is 96.7. The van der Waals surface area contributed by atoms with Crippen molar-refractivity contribution in [3.05, 3.63) is 0 Å². The van der Waals surface area contributed by atoms with Crippen molar-refractivity contribution in [1.82, 2.24) is 0 Å². The summed E-state index contributed by atoms with van der Waals surface area (Å²) in [6.45, 7) is 3.20. The van der Waals surface area contributed by atoms with Crippen molar-refractivity contribution in [1.29, 1.82) is 0 Å². The van der Waals surface area contributed by atoms with Gasteiger partial charge in [-0.1, -0.05) is 43.6 Å². The van der Waals surface area contributed by atoms with Crippen LogP contribution in [0, 0.1) is 0 Å². The summed E-state index contributed by atoms with van der Waals surface area (Å²) >= 11 is 0. The number of carbonyl (C=O) groups is 2. The highest BCUT2D eigenvalue weighted by Crippen LogP contribution is 1.67. The molecule has 0 aromatic carbocycles. The summed E-state index contributed by atoms with van der Waals surface area (Å²) in [5, 5.41) is 15.4. The molecule has 0 amide bonds. The van der Waals surface area contributed by atoms with Gasteiger partial charge in [-0.15, -0.1) is 0 Å². The van der Waals surface area contributed by atoms with Crippen LogP contribution >= 0.6 is 0 Å². The van der Waals surface area contributed by atoms with E-state index in [-0.39, 0.29) is 42.5 Å². The monoisotopic (exact) mass is 212 g/mol. The van der Waals surface area contributed by atoms with Crippen molar-refractivity contribution in [2.75, 3.05) is 0 Å². The molecule has 0 fully saturated rings. The fraction of sp³-hybridized carbons (Fsp3) is 0.800. The predicted octanol–water partition coefficient (Wildman–Crippen LogP) is 3.51. The Morgan fingerprint density at radius 2 is 0.857 bits per heavy atom. The summed E-state index contributed by atoms with van der Waals surface area (Å²) in [5.74, 6) is -1.49. The quantitative estimate of drug-likeness (QED) is 0.734. The van der Waals surface area contributed by atoms with E-state index in [0.29, 0.717) is 0 Å². The minimum atomic E-state index is -0.745. The van der Waals surface area contributed by atoms with E-state index < -0.39 is 11.9 Å². The Balaban J connectivity index is -0.0000000178. The fourth-order valence-electron chi connectivity index (χ4n) is 0. The van der Waals surface area contributed by atoms with Crippen LogP contribution in [0.15, 0.2) is 0 Å². The molecular formula is C10H28O4. The van der Waals surface area contributed by atoms with E-state index in [1.54, 1.807) is 13.8 Å². The van der Waals surface area contributed by atoms with E-state index in [1.165, 1.54) is 0 Å². The summed E-state index contributed by atoms with van der Waals surface area (Å²) in [4.78, 5) is 18.7. The number of aliphatic carboxylic acids is 2. The van der Waals surface area contributed by atoms with Crippen LogP contribution in [0.4, 0.5) is 0 Å². The van der Waals surface area contributed by atoms with E-state index in [9.17, 15) is 9.59 Å². The Morgan fingerprint density at radius 3 is 0.857 bits per heavy atom. The van der Waals surface area contributed by atoms with Crippen LogP contribution in [0.5, 0.6) is 0 Å². The molecule has 92 valence electrons. The topological polar surface area (TPSA) is 74.6 Å². The average Bonchev–Trinajstić information content (AvgIpc) is 1.89. The Morgan fingerprint density at radius 1 is 0.786 bits per heavy atom. The molecule has 4 heteroatoms. The molecule has 0 bridgehead atoms. The molecule has 0 aromatic rings. The summed E-state index contributed by atoms with van der Waals surface area (Å²) in [7, 11) is 0. The first-order chi connectivity index (χ1) is 4.54. The van der Waals surface area contributed by atoms with Gasteiger partial charge in [-0.25, -0.2) is 0 Å². The zero-order valence-corrected chi connectivity index (χ0v) is 6.13. The van der Waals surface area contributed by atoms with Crippen molar-refractivity contribution in [3.63, 3.8) is 0 Å². The first kappa shape index (κ1) is 38.3. The number of hydrogen-bond donors (Lipinski definition) is 2. The van der Waals surface area contributed by atoms with Gasteiger partial charge in [0.2, 0.25) is 0 Å². The van der Waals surface area contributed by atoms with Gasteiger partial charge < -0.3 is 10.2 Å². The maximum Gasteiger partial charge on any atom is 0.303 e. The molecule has 0 unspecified atom stereocenters. The molecule has 0 spiro atoms. The molecule has 2 N–H and O–H groups in total. The summed E-state index contributed by atoms with van der Waals surface area (Å²) in [6, 6.07) is 0. The molecule has 0 saturated heterocycles. The van der Waals surface area contributed by atoms with Crippen molar-refractivity contribution in [3.8, 4) is 0 Å². The molecule has 0 atom stereocenters. The van der Waals surface area contributed by atoms with Crippen LogP contribution in [-0.4, -0.2) is 22.2 Å². The lowest BCUT2D eigenvalue weighted by atomic mass is 10.5. The Kier molecular flexibility index (Phi) is 81.2. The molecule has 0 heterocycles. The maximum atomic E-state index is 9.37. The first-order valence-corrected chi connectivity index (χ1v) is 2.98. The minimum Gasteiger partial charge on any atom is -0.481 e. The van der Waals surface area contributed by atoms with Crippen LogP contribution in [0.1, 0.15) is 56.4 Å². The first-order valence-electron chi connectivity index (χ1n) is 2.98. The molecule has 0 aliphatic carbocycles. The second-order valence-corrected chi connectivity index (χ2v) is 1.49. The van der Waals surface area contributed by atoms with E-state index in [4.69, 9.17) is 10.2 Å². The molecule has 14 heavy (non-hydrogen) atoms. The molecule has 0 aromatic heterocycles. The molecule has 0 aliphatic rings. The third-order valence-electron chi connectivity index (χ3n) is 0.605. The highest BCUT2D eigenvalue weighted by Gasteiger charge is 1.81. The van der Waals surface area contributed by atoms with Gasteiger partial charge in [0.15, 0.2) is 0 Å². The lowest BCUT2D eigenvalue weighted by molar-refractivity contribution is -0.137. The highest BCUT2D eigenvalue weighted by atomic mass is 16.4. The predicted molar refractivity (Wildman–Crippen MR) is 62.8 cm³/mol. The van der Waals surface area contributed by atoms with E-state index >= 15 is 0 Å². The van der Waals surface area contributed by atoms with Gasteiger partial charge in [0.1, 0.15) is 0 Å².